The van der Waals surface area contributed by atoms with Crippen LogP contribution < -0.4 is 0 Å². The number of aldehydes is 1. The fourth-order valence-electron chi connectivity index (χ4n) is 1.56. The number of aryl methyl sites for hydroxylation is 1. The molecule has 1 aromatic carbocycles. The molecule has 1 heterocycles. The highest BCUT2D eigenvalue weighted by Crippen LogP contribution is 2.28. The molecule has 0 aliphatic heterocycles. The fourth-order valence-corrected chi connectivity index (χ4v) is 1.56. The molecule has 0 unspecified atom stereocenters. The standard InChI is InChI=1S/C12H9F3N2O/c1-8-2-3-9(7-18)6-10(8)17-5-4-11(16-17)12(13,14)15/h2-7H,1H3. The summed E-state index contributed by atoms with van der Waals surface area (Å²) >= 11 is 0. The van der Waals surface area contributed by atoms with Crippen molar-refractivity contribution in [1.29, 1.82) is 0 Å². The van der Waals surface area contributed by atoms with Gasteiger partial charge in [-0.25, -0.2) is 4.68 Å². The number of hydrogen-bond donors (Lipinski definition) is 0. The first-order valence-corrected chi connectivity index (χ1v) is 5.11. The third-order valence-electron chi connectivity index (χ3n) is 2.50. The summed E-state index contributed by atoms with van der Waals surface area (Å²) in [4.78, 5) is 10.7. The summed E-state index contributed by atoms with van der Waals surface area (Å²) in [5.74, 6) is 0. The summed E-state index contributed by atoms with van der Waals surface area (Å²) in [6, 6.07) is 5.65. The Morgan fingerprint density at radius 1 is 1.28 bits per heavy atom. The van der Waals surface area contributed by atoms with E-state index < -0.39 is 11.9 Å². The Labute approximate surface area is 101 Å². The molecule has 0 fully saturated rings. The van der Waals surface area contributed by atoms with Gasteiger partial charge in [-0.1, -0.05) is 12.1 Å². The minimum Gasteiger partial charge on any atom is -0.298 e. The second kappa shape index (κ2) is 4.29. The van der Waals surface area contributed by atoms with Crippen molar-refractivity contribution in [2.75, 3.05) is 0 Å². The molecule has 0 N–H and O–H groups in total. The quantitative estimate of drug-likeness (QED) is 0.772. The molecular formula is C12H9F3N2O. The lowest BCUT2D eigenvalue weighted by molar-refractivity contribution is -0.141. The van der Waals surface area contributed by atoms with Crippen LogP contribution >= 0.6 is 0 Å². The molecule has 1 aromatic heterocycles. The Bertz CT molecular complexity index is 587. The zero-order valence-electron chi connectivity index (χ0n) is 9.40. The molecule has 2 aromatic rings. The number of rotatable bonds is 2. The van der Waals surface area contributed by atoms with E-state index in [0.717, 1.165) is 16.3 Å². The molecule has 3 nitrogen and oxygen atoms in total. The van der Waals surface area contributed by atoms with Gasteiger partial charge in [0.25, 0.3) is 0 Å². The van der Waals surface area contributed by atoms with Gasteiger partial charge in [0, 0.05) is 11.8 Å². The summed E-state index contributed by atoms with van der Waals surface area (Å²) in [5.41, 5.74) is 0.616. The maximum Gasteiger partial charge on any atom is 0.435 e. The molecule has 0 bridgehead atoms. The number of nitrogens with zero attached hydrogens (tertiary/aromatic N) is 2. The van der Waals surface area contributed by atoms with Crippen molar-refractivity contribution in [3.05, 3.63) is 47.3 Å². The molecule has 0 saturated heterocycles. The Kier molecular flexibility index (Phi) is 2.94. The van der Waals surface area contributed by atoms with Gasteiger partial charge >= 0.3 is 6.18 Å². The first-order chi connectivity index (χ1) is 8.41. The second-order valence-corrected chi connectivity index (χ2v) is 3.81. The molecule has 18 heavy (non-hydrogen) atoms. The molecular weight excluding hydrogens is 245 g/mol. The van der Waals surface area contributed by atoms with E-state index in [1.807, 2.05) is 0 Å². The van der Waals surface area contributed by atoms with Crippen LogP contribution in [-0.2, 0) is 6.18 Å². The third kappa shape index (κ3) is 2.27. The predicted octanol–water partition coefficient (Wildman–Crippen LogP) is 3.01. The predicted molar refractivity (Wildman–Crippen MR) is 58.7 cm³/mol. The SMILES string of the molecule is Cc1ccc(C=O)cc1-n1ccc(C(F)(F)F)n1. The molecule has 94 valence electrons. The van der Waals surface area contributed by atoms with Crippen molar-refractivity contribution in [2.45, 2.75) is 13.1 Å². The molecule has 0 atom stereocenters. The van der Waals surface area contributed by atoms with E-state index >= 15 is 0 Å². The van der Waals surface area contributed by atoms with E-state index in [2.05, 4.69) is 5.10 Å². The molecule has 0 amide bonds. The lowest BCUT2D eigenvalue weighted by Crippen LogP contribution is -2.07. The van der Waals surface area contributed by atoms with Crippen LogP contribution in [0.5, 0.6) is 0 Å². The average molecular weight is 254 g/mol. The topological polar surface area (TPSA) is 34.9 Å². The van der Waals surface area contributed by atoms with Gasteiger partial charge in [0.05, 0.1) is 5.69 Å². The summed E-state index contributed by atoms with van der Waals surface area (Å²) < 4.78 is 38.4. The Hall–Kier alpha value is -2.11. The lowest BCUT2D eigenvalue weighted by atomic mass is 10.1. The van der Waals surface area contributed by atoms with Crippen molar-refractivity contribution in [3.8, 4) is 5.69 Å². The zero-order valence-corrected chi connectivity index (χ0v) is 9.40. The second-order valence-electron chi connectivity index (χ2n) is 3.81. The highest BCUT2D eigenvalue weighted by atomic mass is 19.4. The summed E-state index contributed by atoms with van der Waals surface area (Å²) in [6.45, 7) is 1.73. The van der Waals surface area contributed by atoms with Gasteiger partial charge in [-0.2, -0.15) is 18.3 Å². The Morgan fingerprint density at radius 3 is 2.56 bits per heavy atom. The number of aromatic nitrogens is 2. The smallest absolute Gasteiger partial charge is 0.298 e. The zero-order chi connectivity index (χ0) is 13.3. The third-order valence-corrected chi connectivity index (χ3v) is 2.50. The van der Waals surface area contributed by atoms with Crippen LogP contribution in [0.25, 0.3) is 5.69 Å². The normalized spacial score (nSPS) is 11.6. The maximum absolute atomic E-state index is 12.4. The Balaban J connectivity index is 2.49. The van der Waals surface area contributed by atoms with E-state index in [1.54, 1.807) is 19.1 Å². The summed E-state index contributed by atoms with van der Waals surface area (Å²) in [7, 11) is 0. The summed E-state index contributed by atoms with van der Waals surface area (Å²) in [5, 5.41) is 3.46. The van der Waals surface area contributed by atoms with E-state index in [0.29, 0.717) is 17.5 Å². The summed E-state index contributed by atoms with van der Waals surface area (Å²) in [6.07, 6.45) is -2.61. The van der Waals surface area contributed by atoms with Crippen LogP contribution in [0.3, 0.4) is 0 Å². The first kappa shape index (κ1) is 12.3. The number of carbonyl (C=O) groups excluding carboxylic acids is 1. The number of hydrogen-bond acceptors (Lipinski definition) is 2. The van der Waals surface area contributed by atoms with Gasteiger partial charge in [-0.05, 0) is 24.6 Å². The van der Waals surface area contributed by atoms with Gasteiger partial charge in [0.2, 0.25) is 0 Å². The van der Waals surface area contributed by atoms with Crippen LogP contribution in [-0.4, -0.2) is 16.1 Å². The van der Waals surface area contributed by atoms with E-state index in [4.69, 9.17) is 0 Å². The number of carbonyl (C=O) groups is 1. The Morgan fingerprint density at radius 2 is 2.00 bits per heavy atom. The van der Waals surface area contributed by atoms with Crippen molar-refractivity contribution >= 4 is 6.29 Å². The van der Waals surface area contributed by atoms with Gasteiger partial charge in [-0.15, -0.1) is 0 Å². The molecule has 0 aliphatic carbocycles. The van der Waals surface area contributed by atoms with Crippen molar-refractivity contribution in [1.82, 2.24) is 9.78 Å². The average Bonchev–Trinajstić information content (AvgIpc) is 2.78. The van der Waals surface area contributed by atoms with Crippen LogP contribution in [0.4, 0.5) is 13.2 Å². The van der Waals surface area contributed by atoms with Crippen LogP contribution in [0.1, 0.15) is 21.6 Å². The van der Waals surface area contributed by atoms with Gasteiger partial charge in [0.15, 0.2) is 5.69 Å². The van der Waals surface area contributed by atoms with Crippen LogP contribution in [0.15, 0.2) is 30.5 Å². The minimum atomic E-state index is -4.47. The van der Waals surface area contributed by atoms with Crippen molar-refractivity contribution in [2.24, 2.45) is 0 Å². The largest absolute Gasteiger partial charge is 0.435 e. The minimum absolute atomic E-state index is 0.389. The van der Waals surface area contributed by atoms with Crippen molar-refractivity contribution < 1.29 is 18.0 Å². The molecule has 0 radical (unpaired) electrons. The monoisotopic (exact) mass is 254 g/mol. The molecule has 6 heteroatoms. The van der Waals surface area contributed by atoms with Crippen LogP contribution in [0.2, 0.25) is 0 Å². The van der Waals surface area contributed by atoms with Crippen LogP contribution in [0, 0.1) is 6.92 Å². The fraction of sp³-hybridized carbons (Fsp3) is 0.167. The van der Waals surface area contributed by atoms with Gasteiger partial charge < -0.3 is 0 Å². The molecule has 0 aliphatic rings. The molecule has 0 spiro atoms. The number of halogens is 3. The first-order valence-electron chi connectivity index (χ1n) is 5.11. The highest BCUT2D eigenvalue weighted by Gasteiger charge is 2.33. The molecule has 0 saturated carbocycles. The number of benzene rings is 1. The van der Waals surface area contributed by atoms with Gasteiger partial charge in [0.1, 0.15) is 6.29 Å². The lowest BCUT2D eigenvalue weighted by Gasteiger charge is -2.07. The van der Waals surface area contributed by atoms with E-state index in [-0.39, 0.29) is 0 Å². The maximum atomic E-state index is 12.4. The van der Waals surface area contributed by atoms with Crippen molar-refractivity contribution in [3.63, 3.8) is 0 Å². The molecule has 2 rings (SSSR count). The van der Waals surface area contributed by atoms with Gasteiger partial charge in [-0.3, -0.25) is 4.79 Å². The highest BCUT2D eigenvalue weighted by molar-refractivity contribution is 5.76. The number of alkyl halides is 3. The van der Waals surface area contributed by atoms with E-state index in [9.17, 15) is 18.0 Å². The van der Waals surface area contributed by atoms with E-state index in [1.165, 1.54) is 12.3 Å².